The van der Waals surface area contributed by atoms with Gasteiger partial charge in [0.05, 0.1) is 12.6 Å². The van der Waals surface area contributed by atoms with Gasteiger partial charge in [0, 0.05) is 4.88 Å². The third-order valence-electron chi connectivity index (χ3n) is 1.90. The van der Waals surface area contributed by atoms with E-state index in [0.717, 1.165) is 6.42 Å². The summed E-state index contributed by atoms with van der Waals surface area (Å²) in [4.78, 5) is 12.2. The molecule has 0 radical (unpaired) electrons. The van der Waals surface area contributed by atoms with Crippen LogP contribution in [0.25, 0.3) is 0 Å². The van der Waals surface area contributed by atoms with E-state index in [9.17, 15) is 4.79 Å². The fraction of sp³-hybridized carbons (Fsp3) is 0.400. The Kier molecular flexibility index (Phi) is 4.14. The van der Waals surface area contributed by atoms with Gasteiger partial charge < -0.3 is 5.32 Å². The molecule has 14 heavy (non-hydrogen) atoms. The van der Waals surface area contributed by atoms with Crippen LogP contribution in [0.15, 0.2) is 11.4 Å². The molecule has 0 saturated heterocycles. The number of aryl methyl sites for hydroxylation is 1. The number of carbonyl (C=O) groups is 1. The predicted octanol–water partition coefficient (Wildman–Crippen LogP) is 1.84. The largest absolute Gasteiger partial charge is 0.350 e. The van der Waals surface area contributed by atoms with Gasteiger partial charge in [0.25, 0.3) is 0 Å². The molecule has 0 spiro atoms. The summed E-state index contributed by atoms with van der Waals surface area (Å²) in [6.07, 6.45) is 0.916. The van der Waals surface area contributed by atoms with Crippen molar-refractivity contribution in [3.8, 4) is 6.07 Å². The molecular weight excluding hydrogens is 196 g/mol. The molecule has 0 atom stereocenters. The van der Waals surface area contributed by atoms with E-state index >= 15 is 0 Å². The molecule has 0 saturated carbocycles. The van der Waals surface area contributed by atoms with Crippen LogP contribution in [0.4, 0.5) is 0 Å². The Morgan fingerprint density at radius 3 is 3.14 bits per heavy atom. The summed E-state index contributed by atoms with van der Waals surface area (Å²) in [5, 5.41) is 13.0. The minimum Gasteiger partial charge on any atom is -0.350 e. The molecule has 0 bridgehead atoms. The van der Waals surface area contributed by atoms with Crippen LogP contribution < -0.4 is 5.32 Å². The molecule has 1 aromatic heterocycles. The lowest BCUT2D eigenvalue weighted by atomic mass is 10.2. The Bertz CT molecular complexity index is 351. The lowest BCUT2D eigenvalue weighted by Crippen LogP contribution is -2.21. The fourth-order valence-electron chi connectivity index (χ4n) is 1.15. The SMILES string of the molecule is CCc1ccsc1CNC(=O)CC#N. The summed E-state index contributed by atoms with van der Waals surface area (Å²) in [5.41, 5.74) is 1.27. The maximum Gasteiger partial charge on any atom is 0.234 e. The molecule has 1 amide bonds. The van der Waals surface area contributed by atoms with Gasteiger partial charge in [0.2, 0.25) is 5.91 Å². The standard InChI is InChI=1S/C10H12N2OS/c1-2-8-4-6-14-9(8)7-12-10(13)3-5-11/h4,6H,2-3,7H2,1H3,(H,12,13). The number of thiophene rings is 1. The highest BCUT2D eigenvalue weighted by Gasteiger charge is 2.04. The van der Waals surface area contributed by atoms with E-state index < -0.39 is 0 Å². The smallest absolute Gasteiger partial charge is 0.234 e. The molecule has 0 aliphatic carbocycles. The lowest BCUT2D eigenvalue weighted by molar-refractivity contribution is -0.120. The molecule has 0 fully saturated rings. The average Bonchev–Trinajstić information content (AvgIpc) is 2.62. The van der Waals surface area contributed by atoms with Crippen molar-refractivity contribution >= 4 is 17.2 Å². The normalized spacial score (nSPS) is 9.43. The molecule has 0 aromatic carbocycles. The summed E-state index contributed by atoms with van der Waals surface area (Å²) in [6.45, 7) is 2.63. The maximum absolute atomic E-state index is 11.0. The number of rotatable bonds is 4. The van der Waals surface area contributed by atoms with Gasteiger partial charge in [0.15, 0.2) is 0 Å². The van der Waals surface area contributed by atoms with Crippen LogP contribution in [0.1, 0.15) is 23.8 Å². The van der Waals surface area contributed by atoms with Crippen LogP contribution >= 0.6 is 11.3 Å². The van der Waals surface area contributed by atoms with Crippen molar-refractivity contribution in [3.05, 3.63) is 21.9 Å². The van der Waals surface area contributed by atoms with Crippen molar-refractivity contribution in [2.45, 2.75) is 26.3 Å². The highest BCUT2D eigenvalue weighted by Crippen LogP contribution is 2.16. The number of nitrogens with one attached hydrogen (secondary N) is 1. The van der Waals surface area contributed by atoms with E-state index in [0.29, 0.717) is 6.54 Å². The zero-order valence-corrected chi connectivity index (χ0v) is 8.86. The van der Waals surface area contributed by atoms with Crippen molar-refractivity contribution in [2.24, 2.45) is 0 Å². The van der Waals surface area contributed by atoms with E-state index in [-0.39, 0.29) is 12.3 Å². The van der Waals surface area contributed by atoms with Gasteiger partial charge in [-0.15, -0.1) is 11.3 Å². The van der Waals surface area contributed by atoms with E-state index in [1.165, 1.54) is 10.4 Å². The quantitative estimate of drug-likeness (QED) is 0.820. The van der Waals surface area contributed by atoms with Crippen LogP contribution in [-0.4, -0.2) is 5.91 Å². The van der Waals surface area contributed by atoms with Crippen molar-refractivity contribution in [2.75, 3.05) is 0 Å². The molecule has 0 aliphatic rings. The maximum atomic E-state index is 11.0. The first-order valence-electron chi connectivity index (χ1n) is 4.46. The molecule has 1 rings (SSSR count). The van der Waals surface area contributed by atoms with Gasteiger partial charge in [-0.3, -0.25) is 4.79 Å². The van der Waals surface area contributed by atoms with Crippen LogP contribution in [0.2, 0.25) is 0 Å². The van der Waals surface area contributed by atoms with Gasteiger partial charge in [-0.05, 0) is 23.4 Å². The number of amides is 1. The molecule has 74 valence electrons. The lowest BCUT2D eigenvalue weighted by Gasteiger charge is -2.02. The van der Waals surface area contributed by atoms with Crippen LogP contribution in [0.3, 0.4) is 0 Å². The number of hydrogen-bond donors (Lipinski definition) is 1. The second-order valence-electron chi connectivity index (χ2n) is 2.83. The van der Waals surface area contributed by atoms with Gasteiger partial charge in [-0.25, -0.2) is 0 Å². The number of nitriles is 1. The summed E-state index contributed by atoms with van der Waals surface area (Å²) < 4.78 is 0. The second-order valence-corrected chi connectivity index (χ2v) is 3.83. The van der Waals surface area contributed by atoms with E-state index in [1.807, 2.05) is 11.4 Å². The van der Waals surface area contributed by atoms with Crippen molar-refractivity contribution in [1.82, 2.24) is 5.32 Å². The molecule has 4 heteroatoms. The molecule has 3 nitrogen and oxygen atoms in total. The van der Waals surface area contributed by atoms with E-state index in [1.54, 1.807) is 11.3 Å². The van der Waals surface area contributed by atoms with Crippen LogP contribution in [0, 0.1) is 11.3 Å². The van der Waals surface area contributed by atoms with E-state index in [4.69, 9.17) is 5.26 Å². The Labute approximate surface area is 87.4 Å². The van der Waals surface area contributed by atoms with Gasteiger partial charge in [-0.1, -0.05) is 6.92 Å². The van der Waals surface area contributed by atoms with Gasteiger partial charge in [-0.2, -0.15) is 5.26 Å². The fourth-order valence-corrected chi connectivity index (χ4v) is 2.07. The monoisotopic (exact) mass is 208 g/mol. The number of carbonyl (C=O) groups excluding carboxylic acids is 1. The summed E-state index contributed by atoms with van der Waals surface area (Å²) in [5.74, 6) is -0.206. The molecule has 1 N–H and O–H groups in total. The number of hydrogen-bond acceptors (Lipinski definition) is 3. The highest BCUT2D eigenvalue weighted by atomic mass is 32.1. The minimum atomic E-state index is -0.206. The molecule has 1 aromatic rings. The van der Waals surface area contributed by atoms with Crippen molar-refractivity contribution in [1.29, 1.82) is 5.26 Å². The van der Waals surface area contributed by atoms with Crippen molar-refractivity contribution < 1.29 is 4.79 Å². The topological polar surface area (TPSA) is 52.9 Å². The number of nitrogens with zero attached hydrogens (tertiary/aromatic N) is 1. The first-order valence-corrected chi connectivity index (χ1v) is 5.34. The highest BCUT2D eigenvalue weighted by molar-refractivity contribution is 7.10. The molecule has 1 heterocycles. The third kappa shape index (κ3) is 2.86. The Hall–Kier alpha value is -1.34. The van der Waals surface area contributed by atoms with Crippen LogP contribution in [0.5, 0.6) is 0 Å². The Balaban J connectivity index is 2.46. The summed E-state index contributed by atoms with van der Waals surface area (Å²) >= 11 is 1.64. The third-order valence-corrected chi connectivity index (χ3v) is 2.87. The first-order chi connectivity index (χ1) is 6.77. The molecule has 0 unspecified atom stereocenters. The van der Waals surface area contributed by atoms with Crippen molar-refractivity contribution in [3.63, 3.8) is 0 Å². The molecule has 0 aliphatic heterocycles. The summed E-state index contributed by atoms with van der Waals surface area (Å²) in [6, 6.07) is 3.88. The average molecular weight is 208 g/mol. The van der Waals surface area contributed by atoms with Crippen LogP contribution in [-0.2, 0) is 17.8 Å². The minimum absolute atomic E-state index is 0.0627. The zero-order valence-electron chi connectivity index (χ0n) is 8.04. The Morgan fingerprint density at radius 2 is 2.50 bits per heavy atom. The summed E-state index contributed by atoms with van der Waals surface area (Å²) in [7, 11) is 0. The molecular formula is C10H12N2OS. The van der Waals surface area contributed by atoms with Gasteiger partial charge in [0.1, 0.15) is 6.42 Å². The van der Waals surface area contributed by atoms with Gasteiger partial charge >= 0.3 is 0 Å². The zero-order chi connectivity index (χ0) is 10.4. The second kappa shape index (κ2) is 5.40. The van der Waals surface area contributed by atoms with E-state index in [2.05, 4.69) is 18.3 Å². The first kappa shape index (κ1) is 10.7. The predicted molar refractivity (Wildman–Crippen MR) is 55.8 cm³/mol. The Morgan fingerprint density at radius 1 is 1.71 bits per heavy atom.